The van der Waals surface area contributed by atoms with Gasteiger partial charge in [-0.2, -0.15) is 0 Å². The van der Waals surface area contributed by atoms with Crippen molar-refractivity contribution in [2.24, 2.45) is 5.92 Å². The molecule has 1 spiro atoms. The van der Waals surface area contributed by atoms with Crippen LogP contribution in [0.5, 0.6) is 23.0 Å². The molecule has 0 fully saturated rings. The van der Waals surface area contributed by atoms with E-state index >= 15 is 0 Å². The molecule has 11 heteroatoms. The zero-order valence-corrected chi connectivity index (χ0v) is 25.3. The van der Waals surface area contributed by atoms with Crippen LogP contribution in [0.15, 0.2) is 57.6 Å². The van der Waals surface area contributed by atoms with E-state index in [-0.39, 0.29) is 52.1 Å². The van der Waals surface area contributed by atoms with Crippen molar-refractivity contribution >= 4 is 29.1 Å². The number of rotatable bonds is 9. The SMILES string of the molecule is COc1ccc(-c2oc3c(c2CC(=O)NCCc2ccco2)C(=O)[C@@]2(Oc4c(Cl)c(OC)cc(OC)c4C2=O)[C@H](C)C3)cc1. The Labute approximate surface area is 258 Å². The van der Waals surface area contributed by atoms with Crippen LogP contribution in [0.4, 0.5) is 0 Å². The van der Waals surface area contributed by atoms with Crippen molar-refractivity contribution < 1.29 is 42.2 Å². The van der Waals surface area contributed by atoms with Crippen molar-refractivity contribution in [3.8, 4) is 34.3 Å². The monoisotopic (exact) mass is 619 g/mol. The number of methoxy groups -OCH3 is 3. The molecule has 10 nitrogen and oxygen atoms in total. The number of carbonyl (C=O) groups excluding carboxylic acids is 3. The third kappa shape index (κ3) is 4.61. The molecule has 1 aliphatic heterocycles. The molecule has 1 N–H and O–H groups in total. The first kappa shape index (κ1) is 29.4. The van der Waals surface area contributed by atoms with Gasteiger partial charge in [-0.3, -0.25) is 14.4 Å². The number of fused-ring (bicyclic) bond motifs is 2. The van der Waals surface area contributed by atoms with Gasteiger partial charge in [0.05, 0.1) is 39.6 Å². The number of ketones is 2. The van der Waals surface area contributed by atoms with Crippen LogP contribution in [0.25, 0.3) is 11.3 Å². The molecule has 0 bridgehead atoms. The summed E-state index contributed by atoms with van der Waals surface area (Å²) in [6, 6.07) is 12.2. The van der Waals surface area contributed by atoms with Crippen LogP contribution in [-0.4, -0.2) is 50.9 Å². The molecule has 0 unspecified atom stereocenters. The average molecular weight is 620 g/mol. The van der Waals surface area contributed by atoms with Crippen molar-refractivity contribution in [1.29, 1.82) is 0 Å². The molecule has 0 saturated carbocycles. The predicted octanol–water partition coefficient (Wildman–Crippen LogP) is 5.51. The molecular formula is C33H30ClNO9. The number of Topliss-reactive ketones (excluding diaryl/α,β-unsaturated/α-hetero) is 2. The van der Waals surface area contributed by atoms with Gasteiger partial charge in [0.2, 0.25) is 23.1 Å². The van der Waals surface area contributed by atoms with Crippen LogP contribution >= 0.6 is 11.6 Å². The normalized spacial score (nSPS) is 18.5. The van der Waals surface area contributed by atoms with Gasteiger partial charge < -0.3 is 33.1 Å². The molecule has 44 heavy (non-hydrogen) atoms. The molecule has 3 heterocycles. The highest BCUT2D eigenvalue weighted by molar-refractivity contribution is 6.36. The smallest absolute Gasteiger partial charge is 0.237 e. The number of furan rings is 2. The van der Waals surface area contributed by atoms with Gasteiger partial charge in [-0.15, -0.1) is 0 Å². The molecule has 2 aromatic heterocycles. The van der Waals surface area contributed by atoms with Gasteiger partial charge in [0.25, 0.3) is 0 Å². The van der Waals surface area contributed by atoms with E-state index in [1.165, 1.54) is 20.3 Å². The number of hydrogen-bond donors (Lipinski definition) is 1. The highest BCUT2D eigenvalue weighted by Crippen LogP contribution is 2.54. The largest absolute Gasteiger partial charge is 0.497 e. The van der Waals surface area contributed by atoms with E-state index in [4.69, 9.17) is 39.4 Å². The second-order valence-electron chi connectivity index (χ2n) is 10.7. The Morgan fingerprint density at radius 1 is 1.02 bits per heavy atom. The summed E-state index contributed by atoms with van der Waals surface area (Å²) in [5, 5.41) is 2.94. The lowest BCUT2D eigenvalue weighted by Crippen LogP contribution is -2.56. The lowest BCUT2D eigenvalue weighted by atomic mass is 9.70. The third-order valence-electron chi connectivity index (χ3n) is 8.21. The Hall–Kier alpha value is -4.70. The van der Waals surface area contributed by atoms with Crippen molar-refractivity contribution in [3.63, 3.8) is 0 Å². The molecule has 228 valence electrons. The summed E-state index contributed by atoms with van der Waals surface area (Å²) in [5.41, 5.74) is -0.717. The zero-order valence-electron chi connectivity index (χ0n) is 24.6. The molecule has 0 saturated heterocycles. The molecule has 2 atom stereocenters. The molecule has 1 amide bonds. The fourth-order valence-electron chi connectivity index (χ4n) is 5.98. The van der Waals surface area contributed by atoms with Crippen LogP contribution in [0, 0.1) is 5.92 Å². The van der Waals surface area contributed by atoms with Gasteiger partial charge in [-0.05, 0) is 36.4 Å². The summed E-state index contributed by atoms with van der Waals surface area (Å²) in [6.07, 6.45) is 2.09. The Kier molecular flexibility index (Phi) is 7.63. The van der Waals surface area contributed by atoms with Gasteiger partial charge in [0, 0.05) is 42.5 Å². The topological polar surface area (TPSA) is 126 Å². The summed E-state index contributed by atoms with van der Waals surface area (Å²) < 4.78 is 34.1. The molecule has 4 aromatic rings. The second kappa shape index (κ2) is 11.4. The van der Waals surface area contributed by atoms with Crippen molar-refractivity contribution in [1.82, 2.24) is 5.32 Å². The summed E-state index contributed by atoms with van der Waals surface area (Å²) >= 11 is 6.58. The maximum Gasteiger partial charge on any atom is 0.237 e. The highest BCUT2D eigenvalue weighted by atomic mass is 35.5. The fourth-order valence-corrected chi connectivity index (χ4v) is 6.24. The van der Waals surface area contributed by atoms with Crippen LogP contribution < -0.4 is 24.3 Å². The van der Waals surface area contributed by atoms with Gasteiger partial charge in [0.1, 0.15) is 45.1 Å². The van der Waals surface area contributed by atoms with Crippen LogP contribution in [0.2, 0.25) is 5.02 Å². The Balaban J connectivity index is 1.42. The first-order valence-electron chi connectivity index (χ1n) is 14.0. The molecule has 2 aliphatic rings. The lowest BCUT2D eigenvalue weighted by molar-refractivity contribution is -0.120. The maximum atomic E-state index is 14.6. The summed E-state index contributed by atoms with van der Waals surface area (Å²) in [4.78, 5) is 42.1. The average Bonchev–Trinajstić information content (AvgIpc) is 3.75. The lowest BCUT2D eigenvalue weighted by Gasteiger charge is -2.35. The predicted molar refractivity (Wildman–Crippen MR) is 159 cm³/mol. The van der Waals surface area contributed by atoms with Crippen molar-refractivity contribution in [2.45, 2.75) is 31.8 Å². The third-order valence-corrected chi connectivity index (χ3v) is 8.57. The quantitative estimate of drug-likeness (QED) is 0.241. The van der Waals surface area contributed by atoms with E-state index in [0.717, 1.165) is 5.76 Å². The van der Waals surface area contributed by atoms with Gasteiger partial charge in [-0.1, -0.05) is 18.5 Å². The standard InChI is InChI=1S/C33H30ClNO9/c1-17-14-23-26(31(37)33(17)32(38)27-22(40-3)16-24(41-4)28(34)30(27)44-33)21(15-25(36)35-12-11-20-6-5-13-42-20)29(43-23)18-7-9-19(39-2)10-8-18/h5-10,13,16-17H,11-12,14-15H2,1-4H3,(H,35,36)/t17-,33+/m1/s1. The van der Waals surface area contributed by atoms with Gasteiger partial charge in [0.15, 0.2) is 5.75 Å². The minimum Gasteiger partial charge on any atom is -0.497 e. The van der Waals surface area contributed by atoms with E-state index in [1.807, 2.05) is 6.07 Å². The van der Waals surface area contributed by atoms with Crippen molar-refractivity contribution in [3.05, 3.63) is 82.0 Å². The van der Waals surface area contributed by atoms with Crippen LogP contribution in [-0.2, 0) is 24.1 Å². The first-order chi connectivity index (χ1) is 21.2. The highest BCUT2D eigenvalue weighted by Gasteiger charge is 2.63. The molecule has 2 aromatic carbocycles. The van der Waals surface area contributed by atoms with E-state index in [0.29, 0.717) is 41.4 Å². The van der Waals surface area contributed by atoms with E-state index in [2.05, 4.69) is 5.32 Å². The number of benzene rings is 2. The minimum atomic E-state index is -1.94. The van der Waals surface area contributed by atoms with Crippen molar-refractivity contribution in [2.75, 3.05) is 27.9 Å². The molecule has 0 radical (unpaired) electrons. The number of amides is 1. The van der Waals surface area contributed by atoms with Crippen LogP contribution in [0.1, 0.15) is 44.7 Å². The fraction of sp³-hybridized carbons (Fsp3) is 0.303. The number of carbonyl (C=O) groups is 3. The molecule has 6 rings (SSSR count). The Bertz CT molecular complexity index is 1760. The second-order valence-corrected chi connectivity index (χ2v) is 11.1. The number of nitrogens with one attached hydrogen (secondary N) is 1. The zero-order chi connectivity index (χ0) is 31.2. The Morgan fingerprint density at radius 3 is 2.41 bits per heavy atom. The number of ether oxygens (including phenoxy) is 4. The van der Waals surface area contributed by atoms with E-state index in [9.17, 15) is 14.4 Å². The number of halogens is 1. The van der Waals surface area contributed by atoms with Gasteiger partial charge >= 0.3 is 0 Å². The summed E-state index contributed by atoms with van der Waals surface area (Å²) in [5.74, 6) is 0.394. The van der Waals surface area contributed by atoms with E-state index in [1.54, 1.807) is 50.6 Å². The summed E-state index contributed by atoms with van der Waals surface area (Å²) in [6.45, 7) is 2.08. The molecular weight excluding hydrogens is 590 g/mol. The maximum absolute atomic E-state index is 14.6. The van der Waals surface area contributed by atoms with Crippen LogP contribution in [0.3, 0.4) is 0 Å². The Morgan fingerprint density at radius 2 is 1.75 bits per heavy atom. The van der Waals surface area contributed by atoms with E-state index < -0.39 is 23.1 Å². The molecule has 1 aliphatic carbocycles. The minimum absolute atomic E-state index is 0.0209. The first-order valence-corrected chi connectivity index (χ1v) is 14.4. The number of hydrogen-bond acceptors (Lipinski definition) is 9. The van der Waals surface area contributed by atoms with Gasteiger partial charge in [-0.25, -0.2) is 0 Å². The summed E-state index contributed by atoms with van der Waals surface area (Å²) in [7, 11) is 4.40.